The molecule has 4 heterocycles. The van der Waals surface area contributed by atoms with Crippen LogP contribution in [-0.4, -0.2) is 204 Å². The third-order valence-corrected chi connectivity index (χ3v) is 26.1. The standard InChI is InChI=1S/C10H19BO6P2.C10H19BO5P2S.C9H19BO6P2S.C8H17BO8P2/c1-7(2)18(3,12)17-9-6-8(16-10(9)11)4-5-19(13,14)15;1-7(2)17(3,19)16-9-6-8(15-10(9)11)4-5-18(12,13)14;1-6(2)17(3,19)16-8-4-7(15-9(8)10)5-14-18(11,12)13;1-5(2)18(10,11)17-7-3-6(16-8(7)9)4-15-19(12,13)14/h4-5,7-10H,6H2,1-3H3,(H2,13,14,15);4-5,7-10H,6H2,1-3H3,(H2,12,13,14);6-9H,4-5H2,1-3H3,(H2,11,12,13);5-8H,3-4H2,1-2H3,(H,10,11)(H2,12,13,14)/b2*5-4+;;/t8-,9-,10-,18?;8-,9-,10-,17?;7-,8+,9+,17?;6-,7+,8+/m1100/s1. The van der Waals surface area contributed by atoms with Gasteiger partial charge in [0.2, 0.25) is 7.37 Å². The smallest absolute Gasteiger partial charge is 0.380 e. The third kappa shape index (κ3) is 30.5. The van der Waals surface area contributed by atoms with E-state index in [2.05, 4.69) is 9.05 Å². The monoisotopic (exact) mass is 1270 g/mol. The maximum absolute atomic E-state index is 12.2. The second kappa shape index (κ2) is 31.7. The van der Waals surface area contributed by atoms with E-state index < -0.39 is 125 Å². The van der Waals surface area contributed by atoms with Crippen molar-refractivity contribution in [2.45, 2.75) is 177 Å². The summed E-state index contributed by atoms with van der Waals surface area (Å²) in [6.07, 6.45) is -4.19. The summed E-state index contributed by atoms with van der Waals surface area (Å²) in [5.41, 5.74) is -0.214. The normalized spacial score (nSPS) is 31.8. The van der Waals surface area contributed by atoms with Gasteiger partial charge in [0.25, 0.3) is 0 Å². The van der Waals surface area contributed by atoms with Gasteiger partial charge in [0, 0.05) is 85.0 Å². The zero-order valence-electron chi connectivity index (χ0n) is 44.1. The van der Waals surface area contributed by atoms with Crippen LogP contribution in [0, 0.1) is 0 Å². The van der Waals surface area contributed by atoms with Crippen molar-refractivity contribution in [3.8, 4) is 0 Å². The zero-order valence-corrected chi connectivity index (χ0v) is 52.8. The Kier molecular flexibility index (Phi) is 31.6. The Morgan fingerprint density at radius 1 is 0.474 bits per heavy atom. The molecule has 0 saturated carbocycles. The van der Waals surface area contributed by atoms with Gasteiger partial charge in [0.1, 0.15) is 31.4 Å². The highest BCUT2D eigenvalue weighted by atomic mass is 32.4. The van der Waals surface area contributed by atoms with Crippen molar-refractivity contribution in [1.82, 2.24) is 0 Å². The average Bonchev–Trinajstić information content (AvgIpc) is 3.98. The summed E-state index contributed by atoms with van der Waals surface area (Å²) in [5.74, 6) is 1.61. The summed E-state index contributed by atoms with van der Waals surface area (Å²) in [6.45, 7) is 19.5. The maximum Gasteiger partial charge on any atom is 0.469 e. The van der Waals surface area contributed by atoms with Crippen molar-refractivity contribution in [3.63, 3.8) is 0 Å². The van der Waals surface area contributed by atoms with Gasteiger partial charge in [-0.2, -0.15) is 0 Å². The molecule has 4 rings (SSSR count). The minimum atomic E-state index is -4.58. The Balaban J connectivity index is 0.000000507. The molecule has 0 aromatic carbocycles. The Hall–Kier alpha value is 1.66. The van der Waals surface area contributed by atoms with Gasteiger partial charge in [0.05, 0.1) is 80.2 Å². The summed E-state index contributed by atoms with van der Waals surface area (Å²) in [7, 11) is -1.09. The van der Waals surface area contributed by atoms with Gasteiger partial charge < -0.3 is 81.1 Å². The molecule has 4 unspecified atom stereocenters. The first kappa shape index (κ1) is 75.7. The second-order valence-corrected chi connectivity index (χ2v) is 40.7. The fourth-order valence-corrected chi connectivity index (χ4v) is 12.1. The van der Waals surface area contributed by atoms with Crippen LogP contribution in [0.5, 0.6) is 0 Å². The summed E-state index contributed by atoms with van der Waals surface area (Å²) < 4.78 is 119. The molecule has 0 spiro atoms. The van der Waals surface area contributed by atoms with Crippen molar-refractivity contribution >= 4 is 113 Å². The van der Waals surface area contributed by atoms with E-state index in [9.17, 15) is 32.3 Å². The van der Waals surface area contributed by atoms with E-state index in [-0.39, 0.29) is 48.8 Å². The van der Waals surface area contributed by atoms with Crippen LogP contribution < -0.4 is 0 Å². The van der Waals surface area contributed by atoms with Crippen LogP contribution in [0.3, 0.4) is 0 Å². The number of rotatable bonds is 22. The molecule has 16 atom stereocenters. The molecular weight excluding hydrogens is 1200 g/mol. The van der Waals surface area contributed by atoms with Crippen LogP contribution in [0.1, 0.15) is 81.1 Å². The Morgan fingerprint density at radius 3 is 1.07 bits per heavy atom. The number of ether oxygens (including phenoxy) is 4. The lowest BCUT2D eigenvalue weighted by molar-refractivity contribution is 0.0306. The average molecular weight is 1270 g/mol. The third-order valence-electron chi connectivity index (χ3n) is 11.4. The van der Waals surface area contributed by atoms with Gasteiger partial charge in [-0.1, -0.05) is 79.0 Å². The highest BCUT2D eigenvalue weighted by molar-refractivity contribution is 8.12. The van der Waals surface area contributed by atoms with Gasteiger partial charge in [-0.25, -0.2) is 9.13 Å². The quantitative estimate of drug-likeness (QED) is 0.0509. The molecule has 76 heavy (non-hydrogen) atoms. The number of hydrogen-bond donors (Lipinski definition) is 9. The van der Waals surface area contributed by atoms with E-state index in [4.69, 9.17) is 131 Å². The van der Waals surface area contributed by atoms with E-state index in [1.54, 1.807) is 20.5 Å². The van der Waals surface area contributed by atoms with E-state index >= 15 is 0 Å². The highest BCUT2D eigenvalue weighted by Crippen LogP contribution is 2.54. The van der Waals surface area contributed by atoms with Crippen LogP contribution in [0.2, 0.25) is 0 Å². The minimum Gasteiger partial charge on any atom is -0.380 e. The van der Waals surface area contributed by atoms with Crippen molar-refractivity contribution in [3.05, 3.63) is 23.8 Å². The van der Waals surface area contributed by atoms with Gasteiger partial charge in [0.15, 0.2) is 0 Å². The predicted octanol–water partition coefficient (Wildman–Crippen LogP) is 5.00. The topological polar surface area (TPSA) is 377 Å². The number of hydrogen-bond acceptors (Lipinski definition) is 18. The molecule has 0 aliphatic carbocycles. The molecule has 4 saturated heterocycles. The minimum absolute atomic E-state index is 0.121. The van der Waals surface area contributed by atoms with E-state index in [1.165, 1.54) is 26.0 Å². The first-order valence-electron chi connectivity index (χ1n) is 23.4. The van der Waals surface area contributed by atoms with Gasteiger partial charge in [-0.15, -0.1) is 0 Å². The molecule has 4 aliphatic rings. The Morgan fingerprint density at radius 2 is 0.776 bits per heavy atom. The molecule has 4 fully saturated rings. The first-order valence-corrected chi connectivity index (χ1v) is 40.0. The molecule has 0 bridgehead atoms. The predicted molar refractivity (Wildman–Crippen MR) is 298 cm³/mol. The van der Waals surface area contributed by atoms with Crippen LogP contribution in [-0.2, 0) is 97.1 Å². The summed E-state index contributed by atoms with van der Waals surface area (Å²) in [5, 5.41) is 0. The molecule has 25 nitrogen and oxygen atoms in total. The molecule has 436 valence electrons. The fourth-order valence-electron chi connectivity index (χ4n) is 6.07. The molecule has 0 aromatic heterocycles. The Bertz CT molecular complexity index is 2130. The first-order chi connectivity index (χ1) is 34.0. The second-order valence-electron chi connectivity index (χ2n) is 19.3. The molecule has 9 N–H and O–H groups in total. The molecule has 4 aliphatic heterocycles. The fraction of sp³-hybridized carbons (Fsp3) is 0.892. The van der Waals surface area contributed by atoms with E-state index in [1.807, 2.05) is 41.0 Å². The molecular formula is C37H74B4O25P8S2. The SMILES string of the molecule is [B][C@@H]1O[C@H](/C=C/P(=O)(O)O)C[C@H]1OP(C)(=O)C(C)C.[B][C@@H]1O[C@H](/C=C/P(=O)(O)O)C[C@H]1OP(C)(=S)C(C)C.[B][C@@H]1O[C@H](COP(=O)(O)O)C[C@H]1OP(=O)(O)C(C)C.[B][C@@H]1O[C@H](COP(=O)(O)O)C[C@H]1OP(C)(=S)C(C)C. The lowest BCUT2D eigenvalue weighted by Gasteiger charge is -2.27. The van der Waals surface area contributed by atoms with E-state index in [0.717, 1.165) is 11.6 Å². The summed E-state index contributed by atoms with van der Waals surface area (Å²) >= 11 is 10.9. The molecule has 39 heteroatoms. The summed E-state index contributed by atoms with van der Waals surface area (Å²) in [4.78, 5) is 78.9. The van der Waals surface area contributed by atoms with Crippen LogP contribution in [0.25, 0.3) is 0 Å². The van der Waals surface area contributed by atoms with Crippen molar-refractivity contribution in [1.29, 1.82) is 0 Å². The molecule has 8 radical (unpaired) electrons. The molecule has 0 amide bonds. The van der Waals surface area contributed by atoms with Gasteiger partial charge >= 0.3 is 38.4 Å². The van der Waals surface area contributed by atoms with Gasteiger partial charge in [-0.05, 0) is 25.5 Å². The van der Waals surface area contributed by atoms with Crippen molar-refractivity contribution < 1.29 is 118 Å². The number of phosphoric ester groups is 2. The van der Waals surface area contributed by atoms with Crippen LogP contribution in [0.4, 0.5) is 0 Å². The lowest BCUT2D eigenvalue weighted by atomic mass is 9.94. The van der Waals surface area contributed by atoms with E-state index in [0.29, 0.717) is 19.3 Å². The van der Waals surface area contributed by atoms with Crippen LogP contribution >= 0.6 is 58.3 Å². The molecule has 0 aromatic rings. The van der Waals surface area contributed by atoms with Gasteiger partial charge in [-0.3, -0.25) is 27.3 Å². The van der Waals surface area contributed by atoms with Crippen LogP contribution in [0.15, 0.2) is 23.8 Å². The van der Waals surface area contributed by atoms with Crippen molar-refractivity contribution in [2.75, 3.05) is 33.2 Å². The zero-order chi connectivity index (χ0) is 59.4. The largest absolute Gasteiger partial charge is 0.469 e. The maximum atomic E-state index is 12.2. The lowest BCUT2D eigenvalue weighted by Crippen LogP contribution is -2.24. The number of phosphoric acid groups is 2. The highest BCUT2D eigenvalue weighted by Gasteiger charge is 2.41. The van der Waals surface area contributed by atoms with Crippen molar-refractivity contribution in [2.24, 2.45) is 0 Å². The Labute approximate surface area is 462 Å². The summed E-state index contributed by atoms with van der Waals surface area (Å²) in [6, 6.07) is -2.96.